The van der Waals surface area contributed by atoms with Gasteiger partial charge in [-0.1, -0.05) is 5.16 Å². The Morgan fingerprint density at radius 3 is 2.50 bits per heavy atom. The lowest BCUT2D eigenvalue weighted by Crippen LogP contribution is -2.74. The quantitative estimate of drug-likeness (QED) is 0.0424. The summed E-state index contributed by atoms with van der Waals surface area (Å²) in [6.45, 7) is -1.07. The van der Waals surface area contributed by atoms with E-state index in [0.717, 1.165) is 17.4 Å². The number of aromatic hydroxyl groups is 1. The molecule has 238 valence electrons. The molecule has 44 heavy (non-hydrogen) atoms. The Balaban J connectivity index is 1.49. The summed E-state index contributed by atoms with van der Waals surface area (Å²) in [6, 6.07) is -3.31. The van der Waals surface area contributed by atoms with Gasteiger partial charge in [-0.05, 0) is 12.8 Å². The van der Waals surface area contributed by atoms with Gasteiger partial charge >= 0.3 is 22.3 Å². The standard InChI is InChI=1S/C22H26N8O12S2/c23-20-26-11(9-43-20)15(28-42-22(19(35)36)3-1-2-4-22)17(33)27-16-12(30(18(16)34)44(39,40)41)7-25-21(37)24-6-10-5-13(31)14(32)8-29(10)38/h5,8-9,12,16,32,38H,1-4,6-7H2,(H2,23,26)(H,27,33)(H,35,36)(H2,24,25,37)(H,39,40,41)/t12-,16+/m1/s1. The number of rotatable bonds is 11. The second-order valence-electron chi connectivity index (χ2n) is 9.66. The summed E-state index contributed by atoms with van der Waals surface area (Å²) in [5, 5.41) is 40.5. The van der Waals surface area contributed by atoms with E-state index in [1.54, 1.807) is 0 Å². The van der Waals surface area contributed by atoms with Crippen molar-refractivity contribution in [3.63, 3.8) is 0 Å². The number of amides is 4. The molecule has 20 nitrogen and oxygen atoms in total. The Hall–Kier alpha value is -4.96. The lowest BCUT2D eigenvalue weighted by molar-refractivity contribution is -0.165. The molecular formula is C22H26N8O12S2. The van der Waals surface area contributed by atoms with Crippen LogP contribution in [-0.4, -0.2) is 96.2 Å². The number of nitrogen functional groups attached to an aromatic ring is 1. The van der Waals surface area contributed by atoms with Gasteiger partial charge in [0.15, 0.2) is 16.6 Å². The van der Waals surface area contributed by atoms with Crippen molar-refractivity contribution in [1.82, 2.24) is 30.0 Å². The number of oxime groups is 1. The third kappa shape index (κ3) is 6.65. The second-order valence-corrected chi connectivity index (χ2v) is 11.8. The molecule has 0 radical (unpaired) electrons. The second kappa shape index (κ2) is 12.3. The number of carboxylic acid groups (broad SMARTS) is 1. The SMILES string of the molecule is Nc1nc(C(=NOC2(C(=O)O)CCCC2)C(=O)N[C@@H]2C(=O)N(S(=O)(=O)O)[C@@H]2CNC(=O)NCc2cc(=O)c(O)cn2O)cs1. The molecule has 4 amide bonds. The van der Waals surface area contributed by atoms with E-state index in [1.807, 2.05) is 0 Å². The van der Waals surface area contributed by atoms with Crippen LogP contribution in [0.15, 0.2) is 27.6 Å². The van der Waals surface area contributed by atoms with Crippen molar-refractivity contribution in [1.29, 1.82) is 0 Å². The van der Waals surface area contributed by atoms with Crippen LogP contribution >= 0.6 is 11.3 Å². The van der Waals surface area contributed by atoms with E-state index < -0.39 is 81.8 Å². The van der Waals surface area contributed by atoms with E-state index in [2.05, 4.69) is 26.1 Å². The summed E-state index contributed by atoms with van der Waals surface area (Å²) in [6.07, 6.45) is 2.00. The Morgan fingerprint density at radius 2 is 1.91 bits per heavy atom. The Kier molecular flexibility index (Phi) is 8.96. The molecule has 22 heteroatoms. The molecule has 2 atom stereocenters. The number of nitrogens with two attached hydrogens (primary N) is 1. The number of hydrogen-bond acceptors (Lipinski definition) is 14. The molecule has 4 rings (SSSR count). The van der Waals surface area contributed by atoms with Crippen molar-refractivity contribution in [2.24, 2.45) is 5.16 Å². The molecule has 3 heterocycles. The van der Waals surface area contributed by atoms with Gasteiger partial charge in [-0.15, -0.1) is 11.3 Å². The molecular weight excluding hydrogens is 632 g/mol. The number of aliphatic carboxylic acids is 1. The molecule has 2 aromatic rings. The minimum Gasteiger partial charge on any atom is -0.503 e. The predicted molar refractivity (Wildman–Crippen MR) is 147 cm³/mol. The van der Waals surface area contributed by atoms with Crippen LogP contribution in [0.5, 0.6) is 5.75 Å². The molecule has 0 aromatic carbocycles. The van der Waals surface area contributed by atoms with Crippen LogP contribution in [-0.2, 0) is 36.1 Å². The maximum absolute atomic E-state index is 13.3. The van der Waals surface area contributed by atoms with Crippen molar-refractivity contribution in [2.75, 3.05) is 12.3 Å². The fourth-order valence-electron chi connectivity index (χ4n) is 4.51. The minimum atomic E-state index is -5.14. The van der Waals surface area contributed by atoms with Crippen LogP contribution in [0.2, 0.25) is 0 Å². The molecule has 2 aromatic heterocycles. The van der Waals surface area contributed by atoms with Crippen LogP contribution in [0, 0.1) is 0 Å². The summed E-state index contributed by atoms with van der Waals surface area (Å²) in [5.74, 6) is -4.44. The van der Waals surface area contributed by atoms with Crippen LogP contribution < -0.4 is 27.1 Å². The highest BCUT2D eigenvalue weighted by molar-refractivity contribution is 7.84. The molecule has 1 saturated carbocycles. The molecule has 2 aliphatic rings. The molecule has 0 bridgehead atoms. The van der Waals surface area contributed by atoms with Gasteiger partial charge in [-0.25, -0.2) is 18.9 Å². The molecule has 2 fully saturated rings. The number of thiazole rings is 1. The third-order valence-electron chi connectivity index (χ3n) is 6.79. The highest BCUT2D eigenvalue weighted by Gasteiger charge is 2.54. The number of β-lactam (4-membered cyclic amide) rings is 1. The first-order valence-corrected chi connectivity index (χ1v) is 14.9. The number of urea groups is 1. The zero-order chi connectivity index (χ0) is 32.4. The van der Waals surface area contributed by atoms with Gasteiger partial charge in [-0.3, -0.25) is 18.9 Å². The lowest BCUT2D eigenvalue weighted by Gasteiger charge is -2.44. The number of pyridine rings is 1. The summed E-state index contributed by atoms with van der Waals surface area (Å²) >= 11 is 0.919. The molecule has 0 unspecified atom stereocenters. The van der Waals surface area contributed by atoms with Crippen molar-refractivity contribution in [3.8, 4) is 5.75 Å². The zero-order valence-corrected chi connectivity index (χ0v) is 24.0. The minimum absolute atomic E-state index is 0.0187. The highest BCUT2D eigenvalue weighted by Crippen LogP contribution is 2.34. The monoisotopic (exact) mass is 658 g/mol. The van der Waals surface area contributed by atoms with Crippen LogP contribution in [0.4, 0.5) is 9.93 Å². The van der Waals surface area contributed by atoms with Crippen molar-refractivity contribution in [2.45, 2.75) is 49.9 Å². The fraction of sp³-hybridized carbons (Fsp3) is 0.409. The van der Waals surface area contributed by atoms with Gasteiger partial charge in [0.2, 0.25) is 11.0 Å². The first-order chi connectivity index (χ1) is 20.6. The fourth-order valence-corrected chi connectivity index (χ4v) is 5.94. The largest absolute Gasteiger partial charge is 0.503 e. The van der Waals surface area contributed by atoms with Crippen molar-refractivity contribution >= 4 is 56.3 Å². The Labute approximate surface area is 250 Å². The maximum atomic E-state index is 13.3. The summed E-state index contributed by atoms with van der Waals surface area (Å²) in [7, 11) is -5.14. The van der Waals surface area contributed by atoms with E-state index in [-0.39, 0.29) is 33.7 Å². The number of anilines is 1. The number of nitrogens with zero attached hydrogens (tertiary/aromatic N) is 4. The van der Waals surface area contributed by atoms with Gasteiger partial charge in [-0.2, -0.15) is 13.1 Å². The highest BCUT2D eigenvalue weighted by atomic mass is 32.2. The summed E-state index contributed by atoms with van der Waals surface area (Å²) in [4.78, 5) is 71.0. The molecule has 1 aliphatic heterocycles. The van der Waals surface area contributed by atoms with Gasteiger partial charge in [0, 0.05) is 30.8 Å². The van der Waals surface area contributed by atoms with E-state index in [0.29, 0.717) is 23.8 Å². The predicted octanol–water partition coefficient (Wildman–Crippen LogP) is -2.05. The average Bonchev–Trinajstić information content (AvgIpc) is 3.60. The van der Waals surface area contributed by atoms with Gasteiger partial charge in [0.25, 0.3) is 11.8 Å². The van der Waals surface area contributed by atoms with Crippen LogP contribution in [0.1, 0.15) is 37.1 Å². The molecule has 9 N–H and O–H groups in total. The number of aromatic nitrogens is 2. The topological polar surface area (TPSA) is 305 Å². The van der Waals surface area contributed by atoms with E-state index in [9.17, 15) is 52.4 Å². The van der Waals surface area contributed by atoms with Gasteiger partial charge < -0.3 is 41.9 Å². The number of carbonyl (C=O) groups is 4. The first kappa shape index (κ1) is 32.0. The average molecular weight is 659 g/mol. The van der Waals surface area contributed by atoms with Gasteiger partial charge in [0.05, 0.1) is 24.5 Å². The first-order valence-electron chi connectivity index (χ1n) is 12.6. The van der Waals surface area contributed by atoms with Crippen LogP contribution in [0.25, 0.3) is 0 Å². The number of carbonyl (C=O) groups excluding carboxylic acids is 3. The van der Waals surface area contributed by atoms with Gasteiger partial charge in [0.1, 0.15) is 11.7 Å². The van der Waals surface area contributed by atoms with E-state index >= 15 is 0 Å². The van der Waals surface area contributed by atoms with Crippen molar-refractivity contribution < 1.29 is 52.4 Å². The van der Waals surface area contributed by atoms with Crippen molar-refractivity contribution in [3.05, 3.63) is 39.3 Å². The smallest absolute Gasteiger partial charge is 0.362 e. The zero-order valence-electron chi connectivity index (χ0n) is 22.4. The number of carboxylic acids is 1. The summed E-state index contributed by atoms with van der Waals surface area (Å²) in [5.41, 5.74) is 2.28. The lowest BCUT2D eigenvalue weighted by atomic mass is 9.98. The molecule has 1 saturated heterocycles. The number of nitrogens with one attached hydrogen (secondary N) is 3. The summed E-state index contributed by atoms with van der Waals surface area (Å²) < 4.78 is 33.6. The maximum Gasteiger partial charge on any atom is 0.362 e. The number of hydrogen-bond donors (Lipinski definition) is 8. The van der Waals surface area contributed by atoms with E-state index in [1.165, 1.54) is 5.38 Å². The molecule has 0 spiro atoms. The normalized spacial score (nSPS) is 19.6. The van der Waals surface area contributed by atoms with Crippen LogP contribution in [0.3, 0.4) is 0 Å². The molecule has 1 aliphatic carbocycles. The Bertz CT molecular complexity index is 1680. The van der Waals surface area contributed by atoms with E-state index in [4.69, 9.17) is 10.6 Å². The third-order valence-corrected chi connectivity index (χ3v) is 8.41. The Morgan fingerprint density at radius 1 is 1.23 bits per heavy atom.